The summed E-state index contributed by atoms with van der Waals surface area (Å²) in [7, 11) is 0. The van der Waals surface area contributed by atoms with Crippen LogP contribution in [0.3, 0.4) is 0 Å². The van der Waals surface area contributed by atoms with E-state index in [4.69, 9.17) is 10.2 Å². The van der Waals surface area contributed by atoms with Crippen molar-refractivity contribution in [3.8, 4) is 0 Å². The highest BCUT2D eigenvalue weighted by Gasteiger charge is 2.55. The van der Waals surface area contributed by atoms with Gasteiger partial charge in [0.1, 0.15) is 11.9 Å². The van der Waals surface area contributed by atoms with E-state index >= 15 is 0 Å². The SMILES string of the molecule is CC1(C(N)Cc2ccco2)CC1F. The van der Waals surface area contributed by atoms with Gasteiger partial charge in [0.25, 0.3) is 0 Å². The Bertz CT molecular complexity index is 285. The third-order valence-corrected chi connectivity index (χ3v) is 3.02. The van der Waals surface area contributed by atoms with Crippen molar-refractivity contribution >= 4 is 0 Å². The fourth-order valence-corrected chi connectivity index (χ4v) is 1.59. The number of hydrogen-bond donors (Lipinski definition) is 1. The molecule has 1 saturated carbocycles. The summed E-state index contributed by atoms with van der Waals surface area (Å²) < 4.78 is 18.1. The van der Waals surface area contributed by atoms with Gasteiger partial charge in [-0.25, -0.2) is 4.39 Å². The molecule has 1 aliphatic rings. The van der Waals surface area contributed by atoms with Gasteiger partial charge in [0.2, 0.25) is 0 Å². The van der Waals surface area contributed by atoms with Crippen LogP contribution >= 0.6 is 0 Å². The number of halogens is 1. The number of hydrogen-bond acceptors (Lipinski definition) is 2. The van der Waals surface area contributed by atoms with Crippen LogP contribution in [0.1, 0.15) is 19.1 Å². The summed E-state index contributed by atoms with van der Waals surface area (Å²) in [4.78, 5) is 0. The maximum absolute atomic E-state index is 12.9. The average molecular weight is 183 g/mol. The van der Waals surface area contributed by atoms with Gasteiger partial charge in [-0.3, -0.25) is 0 Å². The van der Waals surface area contributed by atoms with Gasteiger partial charge in [-0.2, -0.15) is 0 Å². The summed E-state index contributed by atoms with van der Waals surface area (Å²) in [5, 5.41) is 0. The first kappa shape index (κ1) is 8.75. The second-order valence-corrected chi connectivity index (χ2v) is 4.07. The van der Waals surface area contributed by atoms with E-state index < -0.39 is 6.17 Å². The van der Waals surface area contributed by atoms with Crippen molar-refractivity contribution in [1.29, 1.82) is 0 Å². The zero-order valence-corrected chi connectivity index (χ0v) is 7.66. The summed E-state index contributed by atoms with van der Waals surface area (Å²) in [5.74, 6) is 0.841. The van der Waals surface area contributed by atoms with E-state index in [2.05, 4.69) is 0 Å². The molecule has 1 heterocycles. The van der Waals surface area contributed by atoms with Gasteiger partial charge in [0.15, 0.2) is 0 Å². The lowest BCUT2D eigenvalue weighted by molar-refractivity contribution is 0.316. The van der Waals surface area contributed by atoms with E-state index in [1.54, 1.807) is 6.26 Å². The third kappa shape index (κ3) is 1.48. The van der Waals surface area contributed by atoms with E-state index in [0.717, 1.165) is 5.76 Å². The van der Waals surface area contributed by atoms with Gasteiger partial charge in [0.05, 0.1) is 6.26 Å². The molecule has 0 aliphatic heterocycles. The third-order valence-electron chi connectivity index (χ3n) is 3.02. The van der Waals surface area contributed by atoms with E-state index in [1.165, 1.54) is 0 Å². The molecule has 0 radical (unpaired) electrons. The molecule has 3 atom stereocenters. The maximum atomic E-state index is 12.9. The Labute approximate surface area is 76.9 Å². The summed E-state index contributed by atoms with van der Waals surface area (Å²) in [6, 6.07) is 3.57. The summed E-state index contributed by atoms with van der Waals surface area (Å²) in [6.45, 7) is 1.89. The minimum absolute atomic E-state index is 0.131. The minimum Gasteiger partial charge on any atom is -0.469 e. The topological polar surface area (TPSA) is 39.2 Å². The normalized spacial score (nSPS) is 34.5. The van der Waals surface area contributed by atoms with Gasteiger partial charge >= 0.3 is 0 Å². The molecule has 1 aliphatic carbocycles. The van der Waals surface area contributed by atoms with Crippen molar-refractivity contribution < 1.29 is 8.81 Å². The fraction of sp³-hybridized carbons (Fsp3) is 0.600. The minimum atomic E-state index is -0.725. The molecule has 0 amide bonds. The van der Waals surface area contributed by atoms with Gasteiger partial charge < -0.3 is 10.2 Å². The van der Waals surface area contributed by atoms with Crippen molar-refractivity contribution in [3.63, 3.8) is 0 Å². The molecule has 3 unspecified atom stereocenters. The molecule has 1 aromatic rings. The van der Waals surface area contributed by atoms with E-state index in [1.807, 2.05) is 19.1 Å². The molecule has 1 fully saturated rings. The van der Waals surface area contributed by atoms with Crippen molar-refractivity contribution in [1.82, 2.24) is 0 Å². The summed E-state index contributed by atoms with van der Waals surface area (Å²) in [6.07, 6.45) is 2.11. The number of rotatable bonds is 3. The van der Waals surface area contributed by atoms with Crippen LogP contribution in [-0.2, 0) is 6.42 Å². The van der Waals surface area contributed by atoms with Gasteiger partial charge in [-0.1, -0.05) is 6.92 Å². The van der Waals surface area contributed by atoms with Crippen molar-refractivity contribution in [2.45, 2.75) is 32.0 Å². The van der Waals surface area contributed by atoms with Crippen LogP contribution < -0.4 is 5.73 Å². The lowest BCUT2D eigenvalue weighted by Crippen LogP contribution is -2.33. The lowest BCUT2D eigenvalue weighted by Gasteiger charge is -2.16. The molecule has 13 heavy (non-hydrogen) atoms. The number of nitrogens with two attached hydrogens (primary N) is 1. The maximum Gasteiger partial charge on any atom is 0.108 e. The van der Waals surface area contributed by atoms with Crippen LogP contribution in [0.15, 0.2) is 22.8 Å². The largest absolute Gasteiger partial charge is 0.469 e. The van der Waals surface area contributed by atoms with Crippen LogP contribution in [0, 0.1) is 5.41 Å². The Morgan fingerprint density at radius 3 is 3.00 bits per heavy atom. The van der Waals surface area contributed by atoms with Crippen LogP contribution in [0.4, 0.5) is 4.39 Å². The molecular weight excluding hydrogens is 169 g/mol. The average Bonchev–Trinajstić information content (AvgIpc) is 2.53. The number of alkyl halides is 1. The summed E-state index contributed by atoms with van der Waals surface area (Å²) >= 11 is 0. The highest BCUT2D eigenvalue weighted by atomic mass is 19.1. The quantitative estimate of drug-likeness (QED) is 0.777. The molecule has 2 N–H and O–H groups in total. The lowest BCUT2D eigenvalue weighted by atomic mass is 9.95. The second-order valence-electron chi connectivity index (χ2n) is 4.07. The Morgan fingerprint density at radius 2 is 2.54 bits per heavy atom. The Kier molecular flexibility index (Phi) is 1.91. The molecule has 2 nitrogen and oxygen atoms in total. The second kappa shape index (κ2) is 2.84. The van der Waals surface area contributed by atoms with E-state index in [-0.39, 0.29) is 11.5 Å². The first-order valence-corrected chi connectivity index (χ1v) is 4.55. The zero-order chi connectivity index (χ0) is 9.47. The van der Waals surface area contributed by atoms with E-state index in [9.17, 15) is 4.39 Å². The Morgan fingerprint density at radius 1 is 1.85 bits per heavy atom. The first-order valence-electron chi connectivity index (χ1n) is 4.55. The first-order chi connectivity index (χ1) is 6.13. The molecule has 0 bridgehead atoms. The van der Waals surface area contributed by atoms with Crippen LogP contribution in [0.2, 0.25) is 0 Å². The molecule has 2 rings (SSSR count). The molecule has 1 aromatic heterocycles. The highest BCUT2D eigenvalue weighted by Crippen LogP contribution is 2.50. The Hall–Kier alpha value is -0.830. The standard InChI is InChI=1S/C10H14FNO/c1-10(6-8(10)11)9(12)5-7-3-2-4-13-7/h2-4,8-9H,5-6,12H2,1H3. The Balaban J connectivity index is 1.96. The monoisotopic (exact) mass is 183 g/mol. The van der Waals surface area contributed by atoms with Crippen LogP contribution in [0.25, 0.3) is 0 Å². The fourth-order valence-electron chi connectivity index (χ4n) is 1.59. The molecule has 3 heteroatoms. The van der Waals surface area contributed by atoms with Gasteiger partial charge in [-0.15, -0.1) is 0 Å². The predicted octanol–water partition coefficient (Wildman–Crippen LogP) is 1.90. The molecule has 0 spiro atoms. The van der Waals surface area contributed by atoms with Gasteiger partial charge in [0, 0.05) is 17.9 Å². The molecule has 0 aromatic carbocycles. The predicted molar refractivity (Wildman–Crippen MR) is 48.0 cm³/mol. The van der Waals surface area contributed by atoms with Crippen LogP contribution in [-0.4, -0.2) is 12.2 Å². The van der Waals surface area contributed by atoms with Crippen molar-refractivity contribution in [2.24, 2.45) is 11.1 Å². The van der Waals surface area contributed by atoms with Crippen LogP contribution in [0.5, 0.6) is 0 Å². The molecule has 0 saturated heterocycles. The van der Waals surface area contributed by atoms with E-state index in [0.29, 0.717) is 12.8 Å². The summed E-state index contributed by atoms with van der Waals surface area (Å²) in [5.41, 5.74) is 5.58. The zero-order valence-electron chi connectivity index (χ0n) is 7.66. The molecule has 72 valence electrons. The van der Waals surface area contributed by atoms with Crippen molar-refractivity contribution in [3.05, 3.63) is 24.2 Å². The smallest absolute Gasteiger partial charge is 0.108 e. The van der Waals surface area contributed by atoms with Gasteiger partial charge in [-0.05, 0) is 18.6 Å². The van der Waals surface area contributed by atoms with Crippen molar-refractivity contribution in [2.75, 3.05) is 0 Å². The molecular formula is C10H14FNO. The highest BCUT2D eigenvalue weighted by molar-refractivity contribution is 5.11. The number of furan rings is 1.